The second-order valence-corrected chi connectivity index (χ2v) is 11.3. The highest BCUT2D eigenvalue weighted by Crippen LogP contribution is 2.39. The van der Waals surface area contributed by atoms with Crippen molar-refractivity contribution in [1.29, 1.82) is 0 Å². The maximum absolute atomic E-state index is 6.56. The average molecular weight is 582 g/mol. The van der Waals surface area contributed by atoms with Gasteiger partial charge in [0.25, 0.3) is 0 Å². The molecule has 3 heteroatoms. The molecule has 1 aromatic heterocycles. The Morgan fingerprint density at radius 1 is 0.711 bits per heavy atom. The van der Waals surface area contributed by atoms with Crippen LogP contribution in [-0.4, -0.2) is 4.57 Å². The molecular weight excluding hydrogens is 546 g/mol. The lowest BCUT2D eigenvalue weighted by molar-refractivity contribution is 1.19. The number of rotatable bonds is 7. The highest BCUT2D eigenvalue weighted by atomic mass is 15.0. The van der Waals surface area contributed by atoms with Crippen molar-refractivity contribution in [1.82, 2.24) is 4.57 Å². The predicted molar refractivity (Wildman–Crippen MR) is 194 cm³/mol. The molecule has 218 valence electrons. The average Bonchev–Trinajstić information content (AvgIpc) is 3.43. The van der Waals surface area contributed by atoms with Gasteiger partial charge in [0.05, 0.1) is 11.0 Å². The van der Waals surface area contributed by atoms with Crippen molar-refractivity contribution in [2.24, 2.45) is 11.5 Å². The molecule has 0 saturated heterocycles. The van der Waals surface area contributed by atoms with E-state index in [-0.39, 0.29) is 0 Å². The summed E-state index contributed by atoms with van der Waals surface area (Å²) in [6, 6.07) is 43.7. The van der Waals surface area contributed by atoms with E-state index in [2.05, 4.69) is 138 Å². The molecule has 0 fully saturated rings. The third-order valence-corrected chi connectivity index (χ3v) is 8.64. The highest BCUT2D eigenvalue weighted by molar-refractivity contribution is 6.19. The number of aromatic nitrogens is 1. The standard InChI is InChI=1S/C42H35N3/c1-2-29(25-26-43)11-6-9-18-40(44)33-21-22-37-31(27-33)20-24-39-38-23-19-32(36-17-10-13-30-12-7-8-16-35(30)36)28-41(38)45(42(37)39)34-14-4-3-5-15-34/h2-10,12-28H,11,43-44H2,1H3/b9-6-,26-25-,29-2-,40-18-. The monoisotopic (exact) mass is 581 g/mol. The topological polar surface area (TPSA) is 57.0 Å². The normalized spacial score (nSPS) is 12.9. The Morgan fingerprint density at radius 3 is 2.33 bits per heavy atom. The first-order chi connectivity index (χ1) is 22.2. The van der Waals surface area contributed by atoms with Gasteiger partial charge in [-0.3, -0.25) is 0 Å². The first kappa shape index (κ1) is 28.0. The lowest BCUT2D eigenvalue weighted by Crippen LogP contribution is -1.97. The van der Waals surface area contributed by atoms with Crippen molar-refractivity contribution >= 4 is 49.0 Å². The van der Waals surface area contributed by atoms with Crippen LogP contribution in [-0.2, 0) is 0 Å². The largest absolute Gasteiger partial charge is 0.405 e. The third kappa shape index (κ3) is 5.19. The Hall–Kier alpha value is -5.80. The summed E-state index contributed by atoms with van der Waals surface area (Å²) in [6.07, 6.45) is 12.4. The van der Waals surface area contributed by atoms with Crippen molar-refractivity contribution in [3.63, 3.8) is 0 Å². The molecule has 0 unspecified atom stereocenters. The molecule has 7 aromatic rings. The number of hydrogen-bond acceptors (Lipinski definition) is 2. The highest BCUT2D eigenvalue weighted by Gasteiger charge is 2.17. The minimum absolute atomic E-state index is 0.730. The zero-order valence-corrected chi connectivity index (χ0v) is 25.3. The zero-order valence-electron chi connectivity index (χ0n) is 25.3. The van der Waals surface area contributed by atoms with Crippen molar-refractivity contribution in [2.45, 2.75) is 13.3 Å². The van der Waals surface area contributed by atoms with Gasteiger partial charge in [-0.25, -0.2) is 0 Å². The summed E-state index contributed by atoms with van der Waals surface area (Å²) in [4.78, 5) is 0. The first-order valence-corrected chi connectivity index (χ1v) is 15.4. The summed E-state index contributed by atoms with van der Waals surface area (Å²) in [5.41, 5.74) is 21.0. The Bertz CT molecular complexity index is 2310. The number of hydrogen-bond donors (Lipinski definition) is 2. The van der Waals surface area contributed by atoms with Crippen molar-refractivity contribution in [3.05, 3.63) is 169 Å². The van der Waals surface area contributed by atoms with Gasteiger partial charge in [0.1, 0.15) is 0 Å². The van der Waals surface area contributed by atoms with E-state index in [1.165, 1.54) is 49.1 Å². The third-order valence-electron chi connectivity index (χ3n) is 8.64. The van der Waals surface area contributed by atoms with Gasteiger partial charge in [0, 0.05) is 27.5 Å². The van der Waals surface area contributed by atoms with Crippen LogP contribution in [0.3, 0.4) is 0 Å². The van der Waals surface area contributed by atoms with E-state index in [9.17, 15) is 0 Å². The molecule has 0 aliphatic rings. The number of allylic oxidation sites excluding steroid dienone is 6. The minimum Gasteiger partial charge on any atom is -0.405 e. The zero-order chi connectivity index (χ0) is 30.8. The van der Waals surface area contributed by atoms with Crippen LogP contribution in [0, 0.1) is 0 Å². The summed E-state index contributed by atoms with van der Waals surface area (Å²) in [6.45, 7) is 2.01. The number of nitrogens with two attached hydrogens (primary N) is 2. The van der Waals surface area contributed by atoms with E-state index >= 15 is 0 Å². The lowest BCUT2D eigenvalue weighted by Gasteiger charge is -2.12. The van der Waals surface area contributed by atoms with Crippen molar-refractivity contribution < 1.29 is 0 Å². The Kier molecular flexibility index (Phi) is 7.51. The van der Waals surface area contributed by atoms with Gasteiger partial charge in [-0.05, 0) is 94.4 Å². The summed E-state index contributed by atoms with van der Waals surface area (Å²) in [7, 11) is 0. The Balaban J connectivity index is 1.38. The molecule has 0 radical (unpaired) electrons. The maximum atomic E-state index is 6.56. The molecule has 3 nitrogen and oxygen atoms in total. The second-order valence-electron chi connectivity index (χ2n) is 11.3. The molecule has 0 amide bonds. The summed E-state index contributed by atoms with van der Waals surface area (Å²) < 4.78 is 2.41. The summed E-state index contributed by atoms with van der Waals surface area (Å²) in [5.74, 6) is 0. The van der Waals surface area contributed by atoms with Crippen LogP contribution in [0.5, 0.6) is 0 Å². The molecule has 1 heterocycles. The Morgan fingerprint density at radius 2 is 1.49 bits per heavy atom. The molecule has 4 N–H and O–H groups in total. The molecule has 45 heavy (non-hydrogen) atoms. The smallest absolute Gasteiger partial charge is 0.0619 e. The van der Waals surface area contributed by atoms with Crippen LogP contribution in [0.4, 0.5) is 0 Å². The second kappa shape index (κ2) is 12.1. The molecule has 0 aliphatic carbocycles. The van der Waals surface area contributed by atoms with Crippen LogP contribution in [0.25, 0.3) is 65.9 Å². The molecule has 0 saturated carbocycles. The van der Waals surface area contributed by atoms with E-state index in [0.29, 0.717) is 0 Å². The van der Waals surface area contributed by atoms with Crippen LogP contribution < -0.4 is 11.5 Å². The molecule has 0 aliphatic heterocycles. The lowest BCUT2D eigenvalue weighted by atomic mass is 9.97. The van der Waals surface area contributed by atoms with Crippen LogP contribution in [0.15, 0.2) is 163 Å². The molecule has 0 bridgehead atoms. The van der Waals surface area contributed by atoms with Gasteiger partial charge < -0.3 is 16.0 Å². The summed E-state index contributed by atoms with van der Waals surface area (Å²) in [5, 5.41) is 7.32. The van der Waals surface area contributed by atoms with Crippen LogP contribution >= 0.6 is 0 Å². The minimum atomic E-state index is 0.730. The number of nitrogens with zero attached hydrogens (tertiary/aromatic N) is 1. The van der Waals surface area contributed by atoms with Gasteiger partial charge >= 0.3 is 0 Å². The Labute approximate surface area is 263 Å². The maximum Gasteiger partial charge on any atom is 0.0619 e. The molecule has 0 spiro atoms. The SMILES string of the molecule is C/C=C(\C=C/N)C/C=C\C=C(/N)c1ccc2c(ccc3c4ccc(-c5cccc6ccccc56)cc4n(-c4ccccc4)c23)c1. The number of para-hydroxylation sites is 1. The fourth-order valence-electron chi connectivity index (χ4n) is 6.38. The van der Waals surface area contributed by atoms with E-state index in [0.717, 1.165) is 34.3 Å². The van der Waals surface area contributed by atoms with Crippen LogP contribution in [0.2, 0.25) is 0 Å². The van der Waals surface area contributed by atoms with Gasteiger partial charge in [-0.2, -0.15) is 0 Å². The van der Waals surface area contributed by atoms with Gasteiger partial charge in [-0.1, -0.05) is 115 Å². The van der Waals surface area contributed by atoms with Crippen LogP contribution in [0.1, 0.15) is 18.9 Å². The number of benzene rings is 6. The van der Waals surface area contributed by atoms with E-state index < -0.39 is 0 Å². The van der Waals surface area contributed by atoms with Gasteiger partial charge in [0.15, 0.2) is 0 Å². The van der Waals surface area contributed by atoms with Crippen molar-refractivity contribution in [2.75, 3.05) is 0 Å². The molecule has 6 aromatic carbocycles. The van der Waals surface area contributed by atoms with E-state index in [1.54, 1.807) is 6.20 Å². The first-order valence-electron chi connectivity index (χ1n) is 15.4. The van der Waals surface area contributed by atoms with Gasteiger partial charge in [-0.15, -0.1) is 0 Å². The fraction of sp³-hybridized carbons (Fsp3) is 0.0476. The van der Waals surface area contributed by atoms with Gasteiger partial charge in [0.2, 0.25) is 0 Å². The molecule has 0 atom stereocenters. The summed E-state index contributed by atoms with van der Waals surface area (Å²) >= 11 is 0. The predicted octanol–water partition coefficient (Wildman–Crippen LogP) is 10.4. The quantitative estimate of drug-likeness (QED) is 0.184. The molecule has 7 rings (SSSR count). The number of fused-ring (bicyclic) bond motifs is 6. The van der Waals surface area contributed by atoms with Crippen molar-refractivity contribution in [3.8, 4) is 16.8 Å². The van der Waals surface area contributed by atoms with E-state index in [4.69, 9.17) is 11.5 Å². The fourth-order valence-corrected chi connectivity index (χ4v) is 6.38. The van der Waals surface area contributed by atoms with E-state index in [1.807, 2.05) is 25.2 Å². The molecular formula is C42H35N3.